The zero-order valence-corrected chi connectivity index (χ0v) is 21.1. The standard InChI is InChI=1S/C20H24ClN3.2C2HF3O2/c1-15-14-23(10-9-22(15)2)11-12-24-19-6-4-3-5-17(19)18-13-16(21)7-8-20(18)24;2*3-2(4,5)1(6)7/h3-8,13,15H,9-12,14H2,1-2H3;2*(H,6,7). The molecule has 4 rings (SSSR count). The highest BCUT2D eigenvalue weighted by Crippen LogP contribution is 2.31. The van der Waals surface area contributed by atoms with Gasteiger partial charge in [0, 0.05) is 65.6 Å². The van der Waals surface area contributed by atoms with Crippen molar-refractivity contribution in [3.8, 4) is 0 Å². The highest BCUT2D eigenvalue weighted by atomic mass is 35.5. The van der Waals surface area contributed by atoms with Crippen LogP contribution in [-0.4, -0.2) is 88.1 Å². The smallest absolute Gasteiger partial charge is 0.475 e. The van der Waals surface area contributed by atoms with Gasteiger partial charge in [0.05, 0.1) is 0 Å². The summed E-state index contributed by atoms with van der Waals surface area (Å²) in [6.45, 7) is 7.89. The quantitative estimate of drug-likeness (QED) is 0.414. The number of hydrogen-bond acceptors (Lipinski definition) is 4. The Balaban J connectivity index is 0.000000301. The summed E-state index contributed by atoms with van der Waals surface area (Å²) < 4.78 is 65.9. The van der Waals surface area contributed by atoms with Crippen molar-refractivity contribution < 1.29 is 46.1 Å². The number of aliphatic carboxylic acids is 2. The Morgan fingerprint density at radius 1 is 0.895 bits per heavy atom. The van der Waals surface area contributed by atoms with Crippen LogP contribution in [0.3, 0.4) is 0 Å². The van der Waals surface area contributed by atoms with E-state index in [0.29, 0.717) is 6.04 Å². The second-order valence-electron chi connectivity index (χ2n) is 8.57. The van der Waals surface area contributed by atoms with Crippen LogP contribution in [0.1, 0.15) is 6.92 Å². The van der Waals surface area contributed by atoms with Crippen LogP contribution in [0.25, 0.3) is 21.8 Å². The molecule has 2 heterocycles. The molecule has 1 atom stereocenters. The molecule has 0 spiro atoms. The van der Waals surface area contributed by atoms with E-state index >= 15 is 0 Å². The molecule has 2 N–H and O–H groups in total. The minimum atomic E-state index is -5.08. The Morgan fingerprint density at radius 3 is 1.95 bits per heavy atom. The normalized spacial score (nSPS) is 16.9. The number of benzene rings is 2. The first-order valence-electron chi connectivity index (χ1n) is 11.2. The summed E-state index contributed by atoms with van der Waals surface area (Å²) in [5, 5.41) is 17.6. The fraction of sp³-hybridized carbons (Fsp3) is 0.417. The van der Waals surface area contributed by atoms with Crippen LogP contribution in [0.5, 0.6) is 0 Å². The van der Waals surface area contributed by atoms with Crippen LogP contribution >= 0.6 is 11.6 Å². The van der Waals surface area contributed by atoms with Crippen molar-refractivity contribution in [1.29, 1.82) is 0 Å². The zero-order valence-electron chi connectivity index (χ0n) is 20.4. The number of likely N-dealkylation sites (N-methyl/N-ethyl adjacent to an activating group) is 1. The molecule has 38 heavy (non-hydrogen) atoms. The lowest BCUT2D eigenvalue weighted by Crippen LogP contribution is -2.50. The third kappa shape index (κ3) is 8.50. The van der Waals surface area contributed by atoms with Crippen molar-refractivity contribution in [1.82, 2.24) is 14.4 Å². The van der Waals surface area contributed by atoms with E-state index in [0.717, 1.165) is 37.7 Å². The molecule has 1 saturated heterocycles. The fourth-order valence-corrected chi connectivity index (χ4v) is 4.01. The first-order chi connectivity index (χ1) is 17.5. The Kier molecular flexibility index (Phi) is 10.4. The van der Waals surface area contributed by atoms with Gasteiger partial charge in [0.15, 0.2) is 0 Å². The summed E-state index contributed by atoms with van der Waals surface area (Å²) in [4.78, 5) is 22.8. The number of halogens is 7. The Morgan fingerprint density at radius 2 is 1.42 bits per heavy atom. The lowest BCUT2D eigenvalue weighted by atomic mass is 10.2. The van der Waals surface area contributed by atoms with Crippen LogP contribution in [0.4, 0.5) is 26.3 Å². The van der Waals surface area contributed by atoms with Gasteiger partial charge < -0.3 is 19.7 Å². The van der Waals surface area contributed by atoms with Gasteiger partial charge in [-0.3, -0.25) is 4.90 Å². The predicted molar refractivity (Wildman–Crippen MR) is 130 cm³/mol. The van der Waals surface area contributed by atoms with Crippen LogP contribution in [0.2, 0.25) is 5.02 Å². The summed E-state index contributed by atoms with van der Waals surface area (Å²) in [5.41, 5.74) is 2.58. The number of carboxylic acid groups (broad SMARTS) is 2. The molecule has 1 aliphatic rings. The fourth-order valence-electron chi connectivity index (χ4n) is 3.84. The largest absolute Gasteiger partial charge is 0.490 e. The number of nitrogens with zero attached hydrogens (tertiary/aromatic N) is 3. The van der Waals surface area contributed by atoms with E-state index < -0.39 is 24.3 Å². The van der Waals surface area contributed by atoms with Crippen molar-refractivity contribution in [2.75, 3.05) is 33.2 Å². The number of rotatable bonds is 3. The SMILES string of the molecule is CC1CN(CCn2c3ccccc3c3cc(Cl)ccc32)CCN1C.O=C(O)C(F)(F)F.O=C(O)C(F)(F)F. The van der Waals surface area contributed by atoms with Gasteiger partial charge in [0.2, 0.25) is 0 Å². The summed E-state index contributed by atoms with van der Waals surface area (Å²) in [6, 6.07) is 15.5. The van der Waals surface area contributed by atoms with E-state index in [1.165, 1.54) is 21.8 Å². The van der Waals surface area contributed by atoms with Crippen LogP contribution in [0.15, 0.2) is 42.5 Å². The second-order valence-corrected chi connectivity index (χ2v) is 9.00. The van der Waals surface area contributed by atoms with Gasteiger partial charge in [-0.15, -0.1) is 0 Å². The number of para-hydroxylation sites is 1. The number of fused-ring (bicyclic) bond motifs is 3. The molecule has 1 unspecified atom stereocenters. The van der Waals surface area contributed by atoms with Gasteiger partial charge in [-0.2, -0.15) is 26.3 Å². The number of carbonyl (C=O) groups is 2. The average molecular weight is 570 g/mol. The van der Waals surface area contributed by atoms with Crippen molar-refractivity contribution in [2.24, 2.45) is 0 Å². The first-order valence-corrected chi connectivity index (χ1v) is 11.6. The Labute approximate surface area is 218 Å². The van der Waals surface area contributed by atoms with Crippen molar-refractivity contribution in [3.63, 3.8) is 0 Å². The second kappa shape index (κ2) is 12.7. The highest BCUT2D eigenvalue weighted by molar-refractivity contribution is 6.31. The lowest BCUT2D eigenvalue weighted by Gasteiger charge is -2.37. The number of carboxylic acids is 2. The zero-order chi connectivity index (χ0) is 28.8. The molecule has 1 aliphatic heterocycles. The maximum atomic E-state index is 10.6. The third-order valence-corrected chi connectivity index (χ3v) is 6.14. The van der Waals surface area contributed by atoms with Crippen molar-refractivity contribution >= 4 is 45.3 Å². The lowest BCUT2D eigenvalue weighted by molar-refractivity contribution is -0.193. The molecule has 2 aromatic carbocycles. The van der Waals surface area contributed by atoms with Crippen molar-refractivity contribution in [2.45, 2.75) is 31.9 Å². The molecule has 7 nitrogen and oxygen atoms in total. The number of alkyl halides is 6. The van der Waals surface area contributed by atoms with Gasteiger partial charge in [0.1, 0.15) is 0 Å². The highest BCUT2D eigenvalue weighted by Gasteiger charge is 2.38. The van der Waals surface area contributed by atoms with E-state index in [4.69, 9.17) is 31.4 Å². The first kappa shape index (κ1) is 31.2. The average Bonchev–Trinajstić information content (AvgIpc) is 3.12. The van der Waals surface area contributed by atoms with Gasteiger partial charge in [-0.25, -0.2) is 9.59 Å². The van der Waals surface area contributed by atoms with E-state index in [2.05, 4.69) is 64.7 Å². The molecule has 0 saturated carbocycles. The third-order valence-electron chi connectivity index (χ3n) is 5.90. The molecule has 14 heteroatoms. The number of hydrogen-bond donors (Lipinski definition) is 2. The predicted octanol–water partition coefficient (Wildman–Crippen LogP) is 5.35. The molecule has 1 aromatic heterocycles. The van der Waals surface area contributed by atoms with Gasteiger partial charge in [-0.05, 0) is 38.2 Å². The van der Waals surface area contributed by atoms with E-state index in [1.807, 2.05) is 6.07 Å². The molecule has 0 radical (unpaired) electrons. The maximum absolute atomic E-state index is 10.6. The molecule has 210 valence electrons. The molecule has 0 bridgehead atoms. The summed E-state index contributed by atoms with van der Waals surface area (Å²) >= 11 is 6.23. The minimum Gasteiger partial charge on any atom is -0.475 e. The molecule has 0 aliphatic carbocycles. The summed E-state index contributed by atoms with van der Waals surface area (Å²) in [5.74, 6) is -5.51. The van der Waals surface area contributed by atoms with Crippen molar-refractivity contribution in [3.05, 3.63) is 47.5 Å². The number of aromatic nitrogens is 1. The van der Waals surface area contributed by atoms with Crippen LogP contribution in [0, 0.1) is 0 Å². The van der Waals surface area contributed by atoms with E-state index in [1.54, 1.807) is 0 Å². The molecule has 0 amide bonds. The maximum Gasteiger partial charge on any atom is 0.490 e. The Bertz CT molecular complexity index is 1240. The van der Waals surface area contributed by atoms with E-state index in [-0.39, 0.29) is 0 Å². The van der Waals surface area contributed by atoms with Crippen LogP contribution < -0.4 is 0 Å². The van der Waals surface area contributed by atoms with Gasteiger partial charge in [0.25, 0.3) is 0 Å². The minimum absolute atomic E-state index is 0.635. The van der Waals surface area contributed by atoms with Gasteiger partial charge >= 0.3 is 24.3 Å². The molecular formula is C24H26ClF6N3O4. The summed E-state index contributed by atoms with van der Waals surface area (Å²) in [7, 11) is 2.22. The summed E-state index contributed by atoms with van der Waals surface area (Å²) in [6.07, 6.45) is -10.2. The Hall–Kier alpha value is -3.03. The monoisotopic (exact) mass is 569 g/mol. The van der Waals surface area contributed by atoms with Crippen LogP contribution in [-0.2, 0) is 16.1 Å². The molecule has 1 fully saturated rings. The van der Waals surface area contributed by atoms with Gasteiger partial charge in [-0.1, -0.05) is 29.8 Å². The number of piperazine rings is 1. The van der Waals surface area contributed by atoms with E-state index in [9.17, 15) is 26.3 Å². The molecular weight excluding hydrogens is 544 g/mol. The molecule has 3 aromatic rings. The topological polar surface area (TPSA) is 86.0 Å².